The monoisotopic (exact) mass is 376 g/mol. The first kappa shape index (κ1) is 21.1. The number of amides is 2. The SMILES string of the molecule is CCCc1ccc(OCC(=O)NC2CCN(C(=O)OC(C)(C)C)CC2)cc1. The molecule has 1 aliphatic heterocycles. The summed E-state index contributed by atoms with van der Waals surface area (Å²) in [6.45, 7) is 8.88. The highest BCUT2D eigenvalue weighted by atomic mass is 16.6. The van der Waals surface area contributed by atoms with Gasteiger partial charge in [0.05, 0.1) is 0 Å². The molecular weight excluding hydrogens is 344 g/mol. The molecule has 2 rings (SSSR count). The topological polar surface area (TPSA) is 67.9 Å². The predicted molar refractivity (Wildman–Crippen MR) is 105 cm³/mol. The number of aryl methyl sites for hydroxylation is 1. The molecule has 1 N–H and O–H groups in total. The highest BCUT2D eigenvalue weighted by Crippen LogP contribution is 2.16. The van der Waals surface area contributed by atoms with Crippen LogP contribution >= 0.6 is 0 Å². The van der Waals surface area contributed by atoms with Gasteiger partial charge in [0.2, 0.25) is 0 Å². The van der Waals surface area contributed by atoms with E-state index in [1.807, 2.05) is 45.0 Å². The van der Waals surface area contributed by atoms with Crippen LogP contribution in [-0.4, -0.2) is 48.2 Å². The van der Waals surface area contributed by atoms with Gasteiger partial charge in [0, 0.05) is 19.1 Å². The lowest BCUT2D eigenvalue weighted by molar-refractivity contribution is -0.124. The van der Waals surface area contributed by atoms with Crippen molar-refractivity contribution in [2.24, 2.45) is 0 Å². The Hall–Kier alpha value is -2.24. The molecule has 0 spiro atoms. The number of hydrogen-bond donors (Lipinski definition) is 1. The smallest absolute Gasteiger partial charge is 0.410 e. The van der Waals surface area contributed by atoms with Gasteiger partial charge in [-0.05, 0) is 57.7 Å². The normalized spacial score (nSPS) is 15.3. The van der Waals surface area contributed by atoms with Crippen LogP contribution in [0.1, 0.15) is 52.5 Å². The second-order valence-corrected chi connectivity index (χ2v) is 7.99. The van der Waals surface area contributed by atoms with Crippen LogP contribution in [0.15, 0.2) is 24.3 Å². The van der Waals surface area contributed by atoms with Crippen molar-refractivity contribution >= 4 is 12.0 Å². The average molecular weight is 376 g/mol. The number of piperidine rings is 1. The van der Waals surface area contributed by atoms with Crippen molar-refractivity contribution in [1.82, 2.24) is 10.2 Å². The maximum absolute atomic E-state index is 12.1. The highest BCUT2D eigenvalue weighted by Gasteiger charge is 2.27. The molecule has 6 nitrogen and oxygen atoms in total. The van der Waals surface area contributed by atoms with Crippen LogP contribution in [0.2, 0.25) is 0 Å². The first-order valence-corrected chi connectivity index (χ1v) is 9.76. The Labute approximate surface area is 162 Å². The van der Waals surface area contributed by atoms with E-state index in [1.54, 1.807) is 4.90 Å². The number of carbonyl (C=O) groups excluding carboxylic acids is 2. The van der Waals surface area contributed by atoms with Gasteiger partial charge < -0.3 is 19.7 Å². The van der Waals surface area contributed by atoms with E-state index >= 15 is 0 Å². The van der Waals surface area contributed by atoms with E-state index in [1.165, 1.54) is 5.56 Å². The van der Waals surface area contributed by atoms with Crippen LogP contribution in [0.5, 0.6) is 5.75 Å². The number of benzene rings is 1. The van der Waals surface area contributed by atoms with Crippen LogP contribution in [0.3, 0.4) is 0 Å². The number of nitrogens with zero attached hydrogens (tertiary/aromatic N) is 1. The average Bonchev–Trinajstić information content (AvgIpc) is 2.60. The van der Waals surface area contributed by atoms with Gasteiger partial charge >= 0.3 is 6.09 Å². The molecule has 2 amide bonds. The summed E-state index contributed by atoms with van der Waals surface area (Å²) < 4.78 is 10.9. The number of nitrogens with one attached hydrogen (secondary N) is 1. The molecule has 27 heavy (non-hydrogen) atoms. The maximum Gasteiger partial charge on any atom is 0.410 e. The van der Waals surface area contributed by atoms with Gasteiger partial charge in [-0.25, -0.2) is 4.79 Å². The first-order valence-electron chi connectivity index (χ1n) is 9.76. The molecule has 0 saturated carbocycles. The summed E-state index contributed by atoms with van der Waals surface area (Å²) in [5, 5.41) is 2.99. The highest BCUT2D eigenvalue weighted by molar-refractivity contribution is 5.78. The van der Waals surface area contributed by atoms with E-state index < -0.39 is 5.60 Å². The van der Waals surface area contributed by atoms with Crippen molar-refractivity contribution in [2.45, 2.75) is 65.0 Å². The number of likely N-dealkylation sites (tertiary alicyclic amines) is 1. The summed E-state index contributed by atoms with van der Waals surface area (Å²) >= 11 is 0. The minimum Gasteiger partial charge on any atom is -0.484 e. The Bertz CT molecular complexity index is 614. The van der Waals surface area contributed by atoms with Gasteiger partial charge in [0.25, 0.3) is 5.91 Å². The van der Waals surface area contributed by atoms with Gasteiger partial charge in [-0.15, -0.1) is 0 Å². The van der Waals surface area contributed by atoms with Crippen LogP contribution in [0.25, 0.3) is 0 Å². The van der Waals surface area contributed by atoms with Gasteiger partial charge in [-0.1, -0.05) is 25.5 Å². The number of ether oxygens (including phenoxy) is 2. The standard InChI is InChI=1S/C21H32N2O4/c1-5-6-16-7-9-18(10-8-16)26-15-19(24)22-17-11-13-23(14-12-17)20(25)27-21(2,3)4/h7-10,17H,5-6,11-15H2,1-4H3,(H,22,24). The molecule has 1 fully saturated rings. The molecule has 1 aromatic carbocycles. The van der Waals surface area contributed by atoms with Gasteiger partial charge in [0.1, 0.15) is 11.4 Å². The van der Waals surface area contributed by atoms with E-state index in [-0.39, 0.29) is 24.6 Å². The molecule has 0 radical (unpaired) electrons. The molecule has 1 heterocycles. The zero-order valence-corrected chi connectivity index (χ0v) is 16.9. The van der Waals surface area contributed by atoms with Crippen LogP contribution < -0.4 is 10.1 Å². The molecule has 0 bridgehead atoms. The lowest BCUT2D eigenvalue weighted by atomic mass is 10.1. The number of hydrogen-bond acceptors (Lipinski definition) is 4. The largest absolute Gasteiger partial charge is 0.484 e. The molecule has 0 atom stereocenters. The summed E-state index contributed by atoms with van der Waals surface area (Å²) in [7, 11) is 0. The Morgan fingerprint density at radius 3 is 2.33 bits per heavy atom. The lowest BCUT2D eigenvalue weighted by Gasteiger charge is -2.33. The van der Waals surface area contributed by atoms with E-state index in [4.69, 9.17) is 9.47 Å². The predicted octanol–water partition coefficient (Wildman–Crippen LogP) is 3.53. The Morgan fingerprint density at radius 1 is 1.15 bits per heavy atom. The van der Waals surface area contributed by atoms with Crippen LogP contribution in [0.4, 0.5) is 4.79 Å². The molecule has 0 aliphatic carbocycles. The van der Waals surface area contributed by atoms with Crippen molar-refractivity contribution in [1.29, 1.82) is 0 Å². The molecule has 0 unspecified atom stereocenters. The molecule has 0 aromatic heterocycles. The summed E-state index contributed by atoms with van der Waals surface area (Å²) in [4.78, 5) is 25.9. The quantitative estimate of drug-likeness (QED) is 0.825. The van der Waals surface area contributed by atoms with Crippen molar-refractivity contribution in [2.75, 3.05) is 19.7 Å². The van der Waals surface area contributed by atoms with Crippen molar-refractivity contribution < 1.29 is 19.1 Å². The molecule has 1 saturated heterocycles. The molecule has 1 aliphatic rings. The van der Waals surface area contributed by atoms with Crippen molar-refractivity contribution in [3.63, 3.8) is 0 Å². The minimum atomic E-state index is -0.492. The summed E-state index contributed by atoms with van der Waals surface area (Å²) in [5.41, 5.74) is 0.778. The Morgan fingerprint density at radius 2 is 1.78 bits per heavy atom. The fourth-order valence-corrected chi connectivity index (χ4v) is 2.99. The maximum atomic E-state index is 12.1. The van der Waals surface area contributed by atoms with Crippen LogP contribution in [0, 0.1) is 0 Å². The van der Waals surface area contributed by atoms with E-state index in [0.29, 0.717) is 18.8 Å². The van der Waals surface area contributed by atoms with E-state index in [0.717, 1.165) is 25.7 Å². The van der Waals surface area contributed by atoms with Crippen molar-refractivity contribution in [3.8, 4) is 5.75 Å². The fraction of sp³-hybridized carbons (Fsp3) is 0.619. The molecule has 1 aromatic rings. The third kappa shape index (κ3) is 7.49. The molecule has 6 heteroatoms. The second kappa shape index (κ2) is 9.62. The summed E-state index contributed by atoms with van der Waals surface area (Å²) in [6, 6.07) is 7.92. The summed E-state index contributed by atoms with van der Waals surface area (Å²) in [5.74, 6) is 0.563. The van der Waals surface area contributed by atoms with Gasteiger partial charge in [-0.3, -0.25) is 4.79 Å². The zero-order chi connectivity index (χ0) is 19.9. The third-order valence-corrected chi connectivity index (χ3v) is 4.34. The van der Waals surface area contributed by atoms with Crippen molar-refractivity contribution in [3.05, 3.63) is 29.8 Å². The second-order valence-electron chi connectivity index (χ2n) is 7.99. The van der Waals surface area contributed by atoms with E-state index in [2.05, 4.69) is 12.2 Å². The van der Waals surface area contributed by atoms with Gasteiger partial charge in [-0.2, -0.15) is 0 Å². The first-order chi connectivity index (χ1) is 12.8. The minimum absolute atomic E-state index is 0.000591. The Kier molecular flexibility index (Phi) is 7.51. The number of rotatable bonds is 6. The fourth-order valence-electron chi connectivity index (χ4n) is 2.99. The molecular formula is C21H32N2O4. The Balaban J connectivity index is 1.69. The van der Waals surface area contributed by atoms with E-state index in [9.17, 15) is 9.59 Å². The lowest BCUT2D eigenvalue weighted by Crippen LogP contribution is -2.48. The third-order valence-electron chi connectivity index (χ3n) is 4.34. The summed E-state index contributed by atoms with van der Waals surface area (Å²) in [6.07, 6.45) is 3.30. The van der Waals surface area contributed by atoms with Gasteiger partial charge in [0.15, 0.2) is 6.61 Å². The number of carbonyl (C=O) groups is 2. The zero-order valence-electron chi connectivity index (χ0n) is 16.9. The molecule has 150 valence electrons. The van der Waals surface area contributed by atoms with Crippen LogP contribution in [-0.2, 0) is 16.0 Å².